The molecule has 21 heavy (non-hydrogen) atoms. The van der Waals surface area contributed by atoms with Gasteiger partial charge in [-0.25, -0.2) is 9.37 Å². The van der Waals surface area contributed by atoms with Gasteiger partial charge in [-0.05, 0) is 18.6 Å². The smallest absolute Gasteiger partial charge is 0.278 e. The number of nitrogens with zero attached hydrogens (tertiary/aromatic N) is 4. The van der Waals surface area contributed by atoms with Crippen molar-refractivity contribution < 1.29 is 8.91 Å². The fourth-order valence-corrected chi connectivity index (χ4v) is 1.92. The van der Waals surface area contributed by atoms with Gasteiger partial charge in [0, 0.05) is 24.8 Å². The van der Waals surface area contributed by atoms with E-state index in [0.717, 1.165) is 0 Å². The monoisotopic (exact) mass is 287 g/mol. The highest BCUT2D eigenvalue weighted by molar-refractivity contribution is 5.58. The molecule has 6 nitrogen and oxygen atoms in total. The summed E-state index contributed by atoms with van der Waals surface area (Å²) in [6, 6.07) is 4.81. The molecule has 0 bridgehead atoms. The van der Waals surface area contributed by atoms with E-state index in [1.807, 2.05) is 4.57 Å². The fraction of sp³-hybridized carbons (Fsp3) is 0.214. The highest BCUT2D eigenvalue weighted by Gasteiger charge is 2.13. The van der Waals surface area contributed by atoms with Crippen molar-refractivity contribution in [3.63, 3.8) is 0 Å². The molecule has 0 fully saturated rings. The molecule has 1 aromatic carbocycles. The number of halogens is 1. The molecule has 0 saturated carbocycles. The molecule has 2 aromatic heterocycles. The Morgan fingerprint density at radius 3 is 3.00 bits per heavy atom. The molecule has 7 heteroatoms. The number of rotatable bonds is 4. The van der Waals surface area contributed by atoms with Crippen LogP contribution in [0.3, 0.4) is 0 Å². The number of benzene rings is 1. The molecule has 108 valence electrons. The zero-order chi connectivity index (χ0) is 14.8. The molecule has 0 aliphatic carbocycles. The van der Waals surface area contributed by atoms with E-state index in [9.17, 15) is 4.39 Å². The lowest BCUT2D eigenvalue weighted by Crippen LogP contribution is -2.07. The van der Waals surface area contributed by atoms with Gasteiger partial charge in [0.1, 0.15) is 11.5 Å². The summed E-state index contributed by atoms with van der Waals surface area (Å²) in [6.45, 7) is 2.88. The molecule has 0 spiro atoms. The largest absolute Gasteiger partial charge is 0.335 e. The molecular formula is C14H14FN5O. The van der Waals surface area contributed by atoms with E-state index in [1.165, 1.54) is 6.07 Å². The fourth-order valence-electron chi connectivity index (χ4n) is 1.92. The molecule has 0 unspecified atom stereocenters. The lowest BCUT2D eigenvalue weighted by Gasteiger charge is -1.97. The van der Waals surface area contributed by atoms with Gasteiger partial charge < -0.3 is 14.8 Å². The average molecular weight is 287 g/mol. The lowest BCUT2D eigenvalue weighted by molar-refractivity contribution is 0.431. The second-order valence-corrected chi connectivity index (χ2v) is 4.67. The molecule has 0 aliphatic rings. The zero-order valence-corrected chi connectivity index (χ0v) is 11.5. The Hall–Kier alpha value is -2.54. The third-order valence-corrected chi connectivity index (χ3v) is 3.10. The van der Waals surface area contributed by atoms with Gasteiger partial charge in [-0.15, -0.1) is 0 Å². The van der Waals surface area contributed by atoms with Crippen LogP contribution in [0.15, 0.2) is 35.2 Å². The van der Waals surface area contributed by atoms with Crippen LogP contribution in [0.1, 0.15) is 5.56 Å². The van der Waals surface area contributed by atoms with E-state index in [-0.39, 0.29) is 5.82 Å². The van der Waals surface area contributed by atoms with Crippen LogP contribution in [-0.4, -0.2) is 26.2 Å². The third kappa shape index (κ3) is 2.68. The molecule has 0 amide bonds. The van der Waals surface area contributed by atoms with Gasteiger partial charge in [-0.3, -0.25) is 0 Å². The van der Waals surface area contributed by atoms with Crippen molar-refractivity contribution in [2.45, 2.75) is 13.5 Å². The molecule has 2 heterocycles. The number of aryl methyl sites for hydroxylation is 1. The maximum Gasteiger partial charge on any atom is 0.278 e. The van der Waals surface area contributed by atoms with Crippen LogP contribution < -0.4 is 5.73 Å². The van der Waals surface area contributed by atoms with Gasteiger partial charge in [0.15, 0.2) is 0 Å². The van der Waals surface area contributed by atoms with Crippen LogP contribution in [0.25, 0.3) is 23.0 Å². The van der Waals surface area contributed by atoms with Gasteiger partial charge >= 0.3 is 0 Å². The number of nitrogens with two attached hydrogens (primary N) is 1. The van der Waals surface area contributed by atoms with Crippen molar-refractivity contribution in [1.82, 2.24) is 19.7 Å². The highest BCUT2D eigenvalue weighted by atomic mass is 19.1. The summed E-state index contributed by atoms with van der Waals surface area (Å²) in [7, 11) is 0. The Morgan fingerprint density at radius 2 is 2.24 bits per heavy atom. The first kappa shape index (κ1) is 13.4. The molecule has 3 aromatic rings. The van der Waals surface area contributed by atoms with E-state index >= 15 is 0 Å². The number of hydrogen-bond donors (Lipinski definition) is 1. The summed E-state index contributed by atoms with van der Waals surface area (Å²) in [5.41, 5.74) is 7.18. The predicted octanol–water partition coefficient (Wildman–Crippen LogP) is 2.01. The van der Waals surface area contributed by atoms with E-state index < -0.39 is 0 Å². The molecule has 2 N–H and O–H groups in total. The van der Waals surface area contributed by atoms with Crippen molar-refractivity contribution in [2.75, 3.05) is 6.54 Å². The normalized spacial score (nSPS) is 11.0. The maximum absolute atomic E-state index is 13.6. The predicted molar refractivity (Wildman–Crippen MR) is 74.7 cm³/mol. The topological polar surface area (TPSA) is 82.8 Å². The molecule has 0 atom stereocenters. The van der Waals surface area contributed by atoms with Gasteiger partial charge in [0.2, 0.25) is 5.82 Å². The SMILES string of the molecule is Cc1ccc(-c2noc(-c3cn(CCN)cn3)n2)cc1F. The summed E-state index contributed by atoms with van der Waals surface area (Å²) < 4.78 is 20.6. The van der Waals surface area contributed by atoms with E-state index in [1.54, 1.807) is 31.6 Å². The molecule has 0 radical (unpaired) electrons. The Balaban J connectivity index is 1.89. The van der Waals surface area contributed by atoms with E-state index in [4.69, 9.17) is 10.3 Å². The summed E-state index contributed by atoms with van der Waals surface area (Å²) in [5, 5.41) is 3.86. The minimum Gasteiger partial charge on any atom is -0.335 e. The molecule has 3 rings (SSSR count). The Kier molecular flexibility index (Phi) is 3.49. The van der Waals surface area contributed by atoms with Crippen molar-refractivity contribution in [3.05, 3.63) is 42.1 Å². The number of hydrogen-bond acceptors (Lipinski definition) is 5. The van der Waals surface area contributed by atoms with Gasteiger partial charge in [0.05, 0.1) is 6.33 Å². The van der Waals surface area contributed by atoms with Crippen LogP contribution in [-0.2, 0) is 6.54 Å². The minimum absolute atomic E-state index is 0.293. The van der Waals surface area contributed by atoms with Crippen LogP contribution >= 0.6 is 0 Å². The standard InChI is InChI=1S/C14H14FN5O/c1-9-2-3-10(6-11(9)15)13-18-14(21-19-13)12-7-20(5-4-16)8-17-12/h2-3,6-8H,4-5,16H2,1H3. The average Bonchev–Trinajstić information content (AvgIpc) is 3.11. The first-order chi connectivity index (χ1) is 10.2. The zero-order valence-electron chi connectivity index (χ0n) is 11.5. The maximum atomic E-state index is 13.6. The van der Waals surface area contributed by atoms with Crippen molar-refractivity contribution in [2.24, 2.45) is 5.73 Å². The van der Waals surface area contributed by atoms with Crippen LogP contribution in [0.5, 0.6) is 0 Å². The van der Waals surface area contributed by atoms with Crippen LogP contribution in [0, 0.1) is 12.7 Å². The Bertz CT molecular complexity index is 764. The van der Waals surface area contributed by atoms with Crippen molar-refractivity contribution >= 4 is 0 Å². The minimum atomic E-state index is -0.300. The second-order valence-electron chi connectivity index (χ2n) is 4.67. The highest BCUT2D eigenvalue weighted by Crippen LogP contribution is 2.22. The first-order valence-corrected chi connectivity index (χ1v) is 6.50. The first-order valence-electron chi connectivity index (χ1n) is 6.50. The Labute approximate surface area is 120 Å². The van der Waals surface area contributed by atoms with Gasteiger partial charge in [0.25, 0.3) is 5.89 Å². The van der Waals surface area contributed by atoms with Crippen LogP contribution in [0.4, 0.5) is 4.39 Å². The second kappa shape index (κ2) is 5.45. The van der Waals surface area contributed by atoms with Crippen molar-refractivity contribution in [1.29, 1.82) is 0 Å². The quantitative estimate of drug-likeness (QED) is 0.793. The lowest BCUT2D eigenvalue weighted by atomic mass is 10.1. The molecular weight excluding hydrogens is 273 g/mol. The summed E-state index contributed by atoms with van der Waals surface area (Å²) in [4.78, 5) is 8.42. The van der Waals surface area contributed by atoms with Gasteiger partial charge in [-0.1, -0.05) is 17.3 Å². The van der Waals surface area contributed by atoms with E-state index in [2.05, 4.69) is 15.1 Å². The Morgan fingerprint density at radius 1 is 1.38 bits per heavy atom. The van der Waals surface area contributed by atoms with Gasteiger partial charge in [-0.2, -0.15) is 4.98 Å². The summed E-state index contributed by atoms with van der Waals surface area (Å²) in [6.07, 6.45) is 3.43. The van der Waals surface area contributed by atoms with Crippen molar-refractivity contribution in [3.8, 4) is 23.0 Å². The van der Waals surface area contributed by atoms with Crippen LogP contribution in [0.2, 0.25) is 0 Å². The molecule has 0 aliphatic heterocycles. The number of aromatic nitrogens is 4. The molecule has 0 saturated heterocycles. The summed E-state index contributed by atoms with van der Waals surface area (Å²) >= 11 is 0. The summed E-state index contributed by atoms with van der Waals surface area (Å²) in [5.74, 6) is 0.324. The number of imidazole rings is 1. The third-order valence-electron chi connectivity index (χ3n) is 3.10. The van der Waals surface area contributed by atoms with E-state index in [0.29, 0.717) is 41.6 Å².